The minimum Gasteiger partial charge on any atom is -0.462 e. The quantitative estimate of drug-likeness (QED) is 0.0236. The third-order valence-electron chi connectivity index (χ3n) is 8.41. The van der Waals surface area contributed by atoms with Crippen LogP contribution in [-0.2, 0) is 32.7 Å². The van der Waals surface area contributed by atoms with Gasteiger partial charge < -0.3 is 24.6 Å². The third kappa shape index (κ3) is 42.6. The fourth-order valence-electron chi connectivity index (χ4n) is 5.07. The highest BCUT2D eigenvalue weighted by atomic mass is 31.2. The van der Waals surface area contributed by atoms with Gasteiger partial charge in [0.15, 0.2) is 6.10 Å². The molecule has 0 aliphatic heterocycles. The van der Waals surface area contributed by atoms with Crippen molar-refractivity contribution in [2.24, 2.45) is 0 Å². The van der Waals surface area contributed by atoms with Crippen molar-refractivity contribution in [2.45, 2.75) is 154 Å². The number of unbranched alkanes of at least 4 members (excludes halogenated alkanes) is 7. The largest absolute Gasteiger partial charge is 0.472 e. The zero-order valence-electron chi connectivity index (χ0n) is 36.2. The molecule has 11 heteroatoms. The fraction of sp³-hybridized carbons (Fsp3) is 0.583. The van der Waals surface area contributed by atoms with Crippen LogP contribution in [0, 0.1) is 0 Å². The van der Waals surface area contributed by atoms with Crippen LogP contribution >= 0.6 is 7.82 Å². The number of ether oxygens (including phenoxy) is 2. The predicted octanol–water partition coefficient (Wildman–Crippen LogP) is 11.8. The molecule has 0 radical (unpaired) electrons. The second-order valence-corrected chi connectivity index (χ2v) is 15.4. The minimum absolute atomic E-state index is 0.127. The van der Waals surface area contributed by atoms with Crippen LogP contribution < -0.4 is 0 Å². The standard InChI is InChI=1S/C48H77O10P/c1-3-5-7-9-11-13-15-17-19-21-22-24-26-28-30-32-34-36-38-40-48(52)58-46(44-57-59(53,54)56-42-45(50)41-49)43-55-47(51)39-37-35-33-31-29-27-25-23-20-18-16-14-12-10-8-6-4-2/h6,8,11-14,17-20,22,24-25,27-28,30-31,33,45-46,49-50H,3-5,7,9-10,15-16,21,23,26,29,32,34-44H2,1-2H3,(H,53,54)/b8-6-,13-11-,14-12-,19-17-,20-18-,24-22-,27-25-,30-28-,33-31-/t45-,46+/m0/s1. The lowest BCUT2D eigenvalue weighted by molar-refractivity contribution is -0.161. The maximum Gasteiger partial charge on any atom is 0.472 e. The topological polar surface area (TPSA) is 149 Å². The molecule has 334 valence electrons. The monoisotopic (exact) mass is 845 g/mol. The van der Waals surface area contributed by atoms with Gasteiger partial charge in [0.05, 0.1) is 19.8 Å². The number of hydrogen-bond acceptors (Lipinski definition) is 9. The molecule has 10 nitrogen and oxygen atoms in total. The second kappa shape index (κ2) is 42.7. The van der Waals surface area contributed by atoms with Gasteiger partial charge in [0, 0.05) is 12.8 Å². The third-order valence-corrected chi connectivity index (χ3v) is 9.36. The number of phosphoric acid groups is 1. The van der Waals surface area contributed by atoms with Gasteiger partial charge in [0.2, 0.25) is 0 Å². The lowest BCUT2D eigenvalue weighted by Crippen LogP contribution is -2.29. The number of esters is 2. The van der Waals surface area contributed by atoms with E-state index in [0.717, 1.165) is 70.6 Å². The zero-order chi connectivity index (χ0) is 43.3. The Morgan fingerprint density at radius 1 is 0.525 bits per heavy atom. The van der Waals surface area contributed by atoms with Crippen molar-refractivity contribution >= 4 is 19.8 Å². The van der Waals surface area contributed by atoms with E-state index in [1.54, 1.807) is 0 Å². The average molecular weight is 845 g/mol. The molecule has 0 saturated carbocycles. The summed E-state index contributed by atoms with van der Waals surface area (Å²) in [6, 6.07) is 0. The van der Waals surface area contributed by atoms with Crippen LogP contribution in [0.2, 0.25) is 0 Å². The van der Waals surface area contributed by atoms with Crippen LogP contribution in [0.3, 0.4) is 0 Å². The summed E-state index contributed by atoms with van der Waals surface area (Å²) in [6.45, 7) is 2.11. The van der Waals surface area contributed by atoms with Gasteiger partial charge in [-0.05, 0) is 96.3 Å². The number of carbonyl (C=O) groups excluding carboxylic acids is 2. The number of hydrogen-bond donors (Lipinski definition) is 3. The second-order valence-electron chi connectivity index (χ2n) is 14.0. The van der Waals surface area contributed by atoms with Gasteiger partial charge >= 0.3 is 19.8 Å². The van der Waals surface area contributed by atoms with E-state index in [-0.39, 0.29) is 19.4 Å². The van der Waals surface area contributed by atoms with Gasteiger partial charge in [-0.1, -0.05) is 142 Å². The Kier molecular flexibility index (Phi) is 40.3. The smallest absolute Gasteiger partial charge is 0.462 e. The van der Waals surface area contributed by atoms with E-state index in [4.69, 9.17) is 19.1 Å². The van der Waals surface area contributed by atoms with Crippen molar-refractivity contribution in [3.63, 3.8) is 0 Å². The van der Waals surface area contributed by atoms with E-state index < -0.39 is 51.8 Å². The van der Waals surface area contributed by atoms with Crippen molar-refractivity contribution in [2.75, 3.05) is 26.4 Å². The maximum atomic E-state index is 12.6. The number of carbonyl (C=O) groups is 2. The molecular formula is C48H77O10P. The highest BCUT2D eigenvalue weighted by Gasteiger charge is 2.27. The number of phosphoric ester groups is 1. The highest BCUT2D eigenvalue weighted by molar-refractivity contribution is 7.47. The first-order chi connectivity index (χ1) is 28.7. The lowest BCUT2D eigenvalue weighted by Gasteiger charge is -2.20. The summed E-state index contributed by atoms with van der Waals surface area (Å²) < 4.78 is 32.6. The zero-order valence-corrected chi connectivity index (χ0v) is 37.1. The molecule has 0 rings (SSSR count). The van der Waals surface area contributed by atoms with Gasteiger partial charge in [-0.3, -0.25) is 18.6 Å². The first kappa shape index (κ1) is 55.6. The Bertz CT molecular complexity index is 1340. The Labute approximate surface area is 356 Å². The predicted molar refractivity (Wildman–Crippen MR) is 242 cm³/mol. The van der Waals surface area contributed by atoms with Gasteiger partial charge in [-0.2, -0.15) is 0 Å². The molecule has 0 saturated heterocycles. The average Bonchev–Trinajstić information content (AvgIpc) is 3.22. The van der Waals surface area contributed by atoms with Crippen LogP contribution in [0.15, 0.2) is 109 Å². The Hall–Kier alpha value is -3.37. The molecule has 0 aromatic carbocycles. The van der Waals surface area contributed by atoms with E-state index in [1.807, 2.05) is 12.2 Å². The van der Waals surface area contributed by atoms with E-state index in [0.29, 0.717) is 19.3 Å². The summed E-state index contributed by atoms with van der Waals surface area (Å²) >= 11 is 0. The Morgan fingerprint density at radius 2 is 0.949 bits per heavy atom. The fourth-order valence-corrected chi connectivity index (χ4v) is 5.86. The molecule has 3 N–H and O–H groups in total. The summed E-state index contributed by atoms with van der Waals surface area (Å²) in [4.78, 5) is 35.0. The summed E-state index contributed by atoms with van der Waals surface area (Å²) in [7, 11) is -4.65. The minimum atomic E-state index is -4.65. The van der Waals surface area contributed by atoms with Crippen molar-refractivity contribution in [3.05, 3.63) is 109 Å². The van der Waals surface area contributed by atoms with Crippen molar-refractivity contribution in [3.8, 4) is 0 Å². The number of aliphatic hydroxyl groups is 2. The number of aliphatic hydroxyl groups excluding tert-OH is 2. The maximum absolute atomic E-state index is 12.6. The number of allylic oxidation sites excluding steroid dienone is 18. The van der Waals surface area contributed by atoms with E-state index in [1.165, 1.54) is 25.7 Å². The van der Waals surface area contributed by atoms with Gasteiger partial charge in [-0.15, -0.1) is 0 Å². The molecule has 0 aliphatic carbocycles. The Balaban J connectivity index is 4.48. The number of rotatable bonds is 39. The van der Waals surface area contributed by atoms with E-state index in [9.17, 15) is 24.2 Å². The summed E-state index contributed by atoms with van der Waals surface area (Å²) in [5.41, 5.74) is 0. The van der Waals surface area contributed by atoms with E-state index in [2.05, 4.69) is 116 Å². The van der Waals surface area contributed by atoms with Crippen LogP contribution in [0.1, 0.15) is 142 Å². The molecule has 0 amide bonds. The molecule has 0 heterocycles. The summed E-state index contributed by atoms with van der Waals surface area (Å²) in [5, 5.41) is 18.3. The van der Waals surface area contributed by atoms with Gasteiger partial charge in [0.25, 0.3) is 0 Å². The summed E-state index contributed by atoms with van der Waals surface area (Å²) in [6.07, 6.45) is 53.4. The van der Waals surface area contributed by atoms with Crippen LogP contribution in [0.5, 0.6) is 0 Å². The van der Waals surface area contributed by atoms with Crippen molar-refractivity contribution in [1.29, 1.82) is 0 Å². The molecular weight excluding hydrogens is 767 g/mol. The van der Waals surface area contributed by atoms with Gasteiger partial charge in [-0.25, -0.2) is 4.57 Å². The first-order valence-corrected chi connectivity index (χ1v) is 23.3. The molecule has 0 aromatic rings. The molecule has 3 atom stereocenters. The molecule has 0 aromatic heterocycles. The molecule has 0 spiro atoms. The normalized spacial score (nSPS) is 14.9. The van der Waals surface area contributed by atoms with Gasteiger partial charge in [0.1, 0.15) is 12.7 Å². The van der Waals surface area contributed by atoms with E-state index >= 15 is 0 Å². The van der Waals surface area contributed by atoms with Crippen molar-refractivity contribution in [1.82, 2.24) is 0 Å². The highest BCUT2D eigenvalue weighted by Crippen LogP contribution is 2.43. The Morgan fingerprint density at radius 3 is 1.42 bits per heavy atom. The van der Waals surface area contributed by atoms with Crippen molar-refractivity contribution < 1.29 is 47.8 Å². The molecule has 0 fully saturated rings. The molecule has 59 heavy (non-hydrogen) atoms. The molecule has 1 unspecified atom stereocenters. The van der Waals surface area contributed by atoms with Crippen LogP contribution in [0.4, 0.5) is 0 Å². The van der Waals surface area contributed by atoms with Crippen LogP contribution in [0.25, 0.3) is 0 Å². The SMILES string of the molecule is CC/C=C\C/C=C\C/C=C\C/C=C\C/C=C\CCCC(=O)OC[C@H](COP(=O)(O)OC[C@@H](O)CO)OC(=O)CCCCC/C=C\C/C=C\C/C=C\C/C=C\CCCCC. The first-order valence-electron chi connectivity index (χ1n) is 21.8. The summed E-state index contributed by atoms with van der Waals surface area (Å²) in [5.74, 6) is -1.04. The lowest BCUT2D eigenvalue weighted by atomic mass is 10.1. The molecule has 0 bridgehead atoms. The van der Waals surface area contributed by atoms with Crippen LogP contribution in [-0.4, -0.2) is 65.7 Å². The molecule has 0 aliphatic rings.